The number of thiophene rings is 1. The zero-order chi connectivity index (χ0) is 19.1. The molecule has 2 aromatic carbocycles. The fourth-order valence-electron chi connectivity index (χ4n) is 3.17. The molecule has 0 atom stereocenters. The fourth-order valence-corrected chi connectivity index (χ4v) is 4.27. The van der Waals surface area contributed by atoms with Gasteiger partial charge < -0.3 is 14.8 Å². The number of hydrogen-bond donors (Lipinski definition) is 1. The average molecular weight is 393 g/mol. The first-order valence-corrected chi connectivity index (χ1v) is 9.62. The van der Waals surface area contributed by atoms with E-state index in [1.165, 1.54) is 17.7 Å². The molecule has 3 heterocycles. The number of anilines is 1. The van der Waals surface area contributed by atoms with E-state index in [9.17, 15) is 4.39 Å². The van der Waals surface area contributed by atoms with E-state index in [4.69, 9.17) is 9.47 Å². The topological polar surface area (TPSA) is 56.3 Å². The predicted molar refractivity (Wildman–Crippen MR) is 107 cm³/mol. The summed E-state index contributed by atoms with van der Waals surface area (Å²) in [7, 11) is 0. The Morgan fingerprint density at radius 2 is 1.96 bits per heavy atom. The van der Waals surface area contributed by atoms with Crippen molar-refractivity contribution in [3.63, 3.8) is 0 Å². The summed E-state index contributed by atoms with van der Waals surface area (Å²) in [5, 5.41) is 3.35. The minimum atomic E-state index is -0.227. The lowest BCUT2D eigenvalue weighted by atomic mass is 10.1. The highest BCUT2D eigenvalue weighted by atomic mass is 32.1. The molecule has 28 heavy (non-hydrogen) atoms. The molecular formula is C21H16FN3O2S. The molecule has 1 aliphatic rings. The summed E-state index contributed by atoms with van der Waals surface area (Å²) in [6.07, 6.45) is 1.52. The van der Waals surface area contributed by atoms with Crippen LogP contribution in [0.5, 0.6) is 11.5 Å². The predicted octanol–water partition coefficient (Wildman–Crippen LogP) is 5.15. The van der Waals surface area contributed by atoms with Gasteiger partial charge in [0.15, 0.2) is 11.5 Å². The van der Waals surface area contributed by atoms with Crippen LogP contribution in [0.2, 0.25) is 0 Å². The van der Waals surface area contributed by atoms with Crippen LogP contribution in [0.3, 0.4) is 0 Å². The summed E-state index contributed by atoms with van der Waals surface area (Å²) in [5.74, 6) is 2.01. The van der Waals surface area contributed by atoms with Crippen LogP contribution in [0.25, 0.3) is 20.7 Å². The van der Waals surface area contributed by atoms with E-state index in [-0.39, 0.29) is 12.6 Å². The van der Waals surface area contributed by atoms with Gasteiger partial charge in [-0.25, -0.2) is 14.4 Å². The third-order valence-corrected chi connectivity index (χ3v) is 5.76. The van der Waals surface area contributed by atoms with Crippen molar-refractivity contribution in [3.05, 3.63) is 65.7 Å². The molecule has 0 amide bonds. The van der Waals surface area contributed by atoms with Crippen LogP contribution in [-0.4, -0.2) is 16.8 Å². The van der Waals surface area contributed by atoms with Gasteiger partial charge in [-0.15, -0.1) is 11.3 Å². The lowest BCUT2D eigenvalue weighted by molar-refractivity contribution is 0.174. The van der Waals surface area contributed by atoms with Crippen molar-refractivity contribution in [2.24, 2.45) is 0 Å². The van der Waals surface area contributed by atoms with Gasteiger partial charge in [-0.2, -0.15) is 0 Å². The van der Waals surface area contributed by atoms with Gasteiger partial charge in [0.1, 0.15) is 18.0 Å². The Morgan fingerprint density at radius 1 is 1.07 bits per heavy atom. The molecule has 0 radical (unpaired) electrons. The normalized spacial score (nSPS) is 12.5. The quantitative estimate of drug-likeness (QED) is 0.520. The Labute approximate surface area is 164 Å². The number of rotatable bonds is 4. The summed E-state index contributed by atoms with van der Waals surface area (Å²) in [6, 6.07) is 13.0. The second-order valence-corrected chi connectivity index (χ2v) is 7.62. The second-order valence-electron chi connectivity index (χ2n) is 6.57. The van der Waals surface area contributed by atoms with E-state index in [0.717, 1.165) is 43.5 Å². The summed E-state index contributed by atoms with van der Waals surface area (Å²) in [4.78, 5) is 9.55. The molecule has 5 nitrogen and oxygen atoms in total. The van der Waals surface area contributed by atoms with Gasteiger partial charge in [-0.3, -0.25) is 0 Å². The van der Waals surface area contributed by atoms with Gasteiger partial charge in [-0.1, -0.05) is 18.2 Å². The van der Waals surface area contributed by atoms with Crippen molar-refractivity contribution in [2.75, 3.05) is 12.1 Å². The largest absolute Gasteiger partial charge is 0.454 e. The molecular weight excluding hydrogens is 377 g/mol. The summed E-state index contributed by atoms with van der Waals surface area (Å²) in [6.45, 7) is 2.71. The number of aryl methyl sites for hydroxylation is 1. The highest BCUT2D eigenvalue weighted by Gasteiger charge is 2.15. The molecule has 0 aliphatic carbocycles. The van der Waals surface area contributed by atoms with E-state index < -0.39 is 0 Å². The van der Waals surface area contributed by atoms with Gasteiger partial charge in [0.25, 0.3) is 0 Å². The van der Waals surface area contributed by atoms with E-state index in [2.05, 4.69) is 15.3 Å². The minimum absolute atomic E-state index is 0.227. The Kier molecular flexibility index (Phi) is 4.09. The monoisotopic (exact) mass is 393 g/mol. The molecule has 0 saturated heterocycles. The number of aromatic nitrogens is 2. The third kappa shape index (κ3) is 3.03. The Balaban J connectivity index is 1.44. The number of nitrogens with one attached hydrogen (secondary N) is 1. The molecule has 140 valence electrons. The van der Waals surface area contributed by atoms with E-state index in [0.29, 0.717) is 12.1 Å². The molecule has 0 bridgehead atoms. The summed E-state index contributed by atoms with van der Waals surface area (Å²) >= 11 is 1.48. The molecule has 0 fully saturated rings. The van der Waals surface area contributed by atoms with Crippen molar-refractivity contribution in [2.45, 2.75) is 13.5 Å². The molecule has 1 N–H and O–H groups in total. The number of halogens is 1. The van der Waals surface area contributed by atoms with Gasteiger partial charge in [0, 0.05) is 17.0 Å². The highest BCUT2D eigenvalue weighted by Crippen LogP contribution is 2.37. The van der Waals surface area contributed by atoms with Gasteiger partial charge >= 0.3 is 0 Å². The maximum atomic E-state index is 14.4. The van der Waals surface area contributed by atoms with Crippen LogP contribution in [-0.2, 0) is 6.54 Å². The standard InChI is InChI=1S/C21H16FN3O2S/c1-12-2-4-14(15(22)6-12)19-8-16-20(28-19)21(25-10-24-16)23-9-13-3-5-17-18(7-13)27-11-26-17/h2-8,10H,9,11H2,1H3,(H,23,24,25). The molecule has 0 unspecified atom stereocenters. The first-order valence-electron chi connectivity index (χ1n) is 8.81. The maximum Gasteiger partial charge on any atom is 0.231 e. The van der Waals surface area contributed by atoms with Crippen LogP contribution in [0, 0.1) is 12.7 Å². The number of fused-ring (bicyclic) bond motifs is 2. The lowest BCUT2D eigenvalue weighted by Gasteiger charge is -2.07. The zero-order valence-corrected chi connectivity index (χ0v) is 15.8. The lowest BCUT2D eigenvalue weighted by Crippen LogP contribution is -2.01. The first-order chi connectivity index (χ1) is 13.7. The van der Waals surface area contributed by atoms with Crippen molar-refractivity contribution in [1.82, 2.24) is 9.97 Å². The second kappa shape index (κ2) is 6.76. The molecule has 2 aromatic heterocycles. The van der Waals surface area contributed by atoms with Crippen molar-refractivity contribution < 1.29 is 13.9 Å². The van der Waals surface area contributed by atoms with Gasteiger partial charge in [0.05, 0.1) is 10.2 Å². The smallest absolute Gasteiger partial charge is 0.231 e. The zero-order valence-electron chi connectivity index (χ0n) is 15.0. The van der Waals surface area contributed by atoms with E-state index in [1.807, 2.05) is 43.3 Å². The van der Waals surface area contributed by atoms with E-state index >= 15 is 0 Å². The van der Waals surface area contributed by atoms with Crippen LogP contribution in [0.4, 0.5) is 10.2 Å². The number of hydrogen-bond acceptors (Lipinski definition) is 6. The van der Waals surface area contributed by atoms with Crippen molar-refractivity contribution in [1.29, 1.82) is 0 Å². The maximum absolute atomic E-state index is 14.4. The van der Waals surface area contributed by atoms with Gasteiger partial charge in [0.2, 0.25) is 6.79 Å². The first kappa shape index (κ1) is 16.9. The number of ether oxygens (including phenoxy) is 2. The molecule has 7 heteroatoms. The van der Waals surface area contributed by atoms with Crippen molar-refractivity contribution >= 4 is 27.4 Å². The fraction of sp³-hybridized carbons (Fsp3) is 0.143. The van der Waals surface area contributed by atoms with Crippen LogP contribution in [0.1, 0.15) is 11.1 Å². The van der Waals surface area contributed by atoms with Crippen LogP contribution < -0.4 is 14.8 Å². The number of benzene rings is 2. The Morgan fingerprint density at radius 3 is 2.86 bits per heavy atom. The van der Waals surface area contributed by atoms with Gasteiger partial charge in [-0.05, 0) is 42.3 Å². The summed E-state index contributed by atoms with van der Waals surface area (Å²) in [5.41, 5.74) is 3.32. The van der Waals surface area contributed by atoms with Crippen LogP contribution >= 0.6 is 11.3 Å². The summed E-state index contributed by atoms with van der Waals surface area (Å²) < 4.78 is 26.0. The Hall–Kier alpha value is -3.19. The average Bonchev–Trinajstić information content (AvgIpc) is 3.32. The Bertz CT molecular complexity index is 1190. The number of nitrogens with zero attached hydrogens (tertiary/aromatic N) is 2. The SMILES string of the molecule is Cc1ccc(-c2cc3ncnc(NCc4ccc5c(c4)OCO5)c3s2)c(F)c1. The molecule has 4 aromatic rings. The third-order valence-electron chi connectivity index (χ3n) is 4.60. The van der Waals surface area contributed by atoms with Crippen LogP contribution in [0.15, 0.2) is 48.8 Å². The van der Waals surface area contributed by atoms with E-state index in [1.54, 1.807) is 6.07 Å². The highest BCUT2D eigenvalue weighted by molar-refractivity contribution is 7.22. The molecule has 0 spiro atoms. The minimum Gasteiger partial charge on any atom is -0.454 e. The van der Waals surface area contributed by atoms with Crippen molar-refractivity contribution in [3.8, 4) is 21.9 Å². The molecule has 5 rings (SSSR count). The molecule has 0 saturated carbocycles. The molecule has 1 aliphatic heterocycles.